The molecule has 0 aromatic carbocycles. The Morgan fingerprint density at radius 2 is 2.35 bits per heavy atom. The highest BCUT2D eigenvalue weighted by Gasteiger charge is 2.18. The van der Waals surface area contributed by atoms with Crippen molar-refractivity contribution in [1.82, 2.24) is 15.3 Å². The molecule has 0 unspecified atom stereocenters. The van der Waals surface area contributed by atoms with Gasteiger partial charge in [-0.05, 0) is 18.4 Å². The van der Waals surface area contributed by atoms with Crippen LogP contribution in [0, 0.1) is 0 Å². The van der Waals surface area contributed by atoms with Crippen LogP contribution in [0.5, 0.6) is 0 Å². The second-order valence-electron chi connectivity index (χ2n) is 4.63. The van der Waals surface area contributed by atoms with Crippen LogP contribution in [0.15, 0.2) is 11.4 Å². The first-order valence-corrected chi connectivity index (χ1v) is 7.66. The lowest BCUT2D eigenvalue weighted by Crippen LogP contribution is -2.29. The average molecular weight is 291 g/mol. The van der Waals surface area contributed by atoms with Gasteiger partial charge in [-0.2, -0.15) is 4.98 Å². The van der Waals surface area contributed by atoms with Gasteiger partial charge in [0.15, 0.2) is 0 Å². The topological polar surface area (TPSA) is 70.2 Å². The van der Waals surface area contributed by atoms with E-state index in [1.54, 1.807) is 11.3 Å². The summed E-state index contributed by atoms with van der Waals surface area (Å²) in [6, 6.07) is 2.05. The van der Waals surface area contributed by atoms with Gasteiger partial charge in [0, 0.05) is 32.6 Å². The minimum absolute atomic E-state index is 0.107. The molecule has 6 nitrogen and oxygen atoms in total. The SMILES string of the molecule is CCNc1nc(N2CCNC(=O)CC2)c2ccsc2n1. The predicted molar refractivity (Wildman–Crippen MR) is 81.4 cm³/mol. The van der Waals surface area contributed by atoms with E-state index in [9.17, 15) is 4.79 Å². The van der Waals surface area contributed by atoms with Crippen LogP contribution >= 0.6 is 11.3 Å². The summed E-state index contributed by atoms with van der Waals surface area (Å²) < 4.78 is 0. The van der Waals surface area contributed by atoms with Crippen LogP contribution in [0.4, 0.5) is 11.8 Å². The molecule has 1 saturated heterocycles. The number of rotatable bonds is 3. The number of amides is 1. The lowest BCUT2D eigenvalue weighted by Gasteiger charge is -2.21. The number of carbonyl (C=O) groups is 1. The molecule has 0 radical (unpaired) electrons. The highest BCUT2D eigenvalue weighted by Crippen LogP contribution is 2.29. The maximum absolute atomic E-state index is 11.5. The van der Waals surface area contributed by atoms with E-state index < -0.39 is 0 Å². The molecule has 106 valence electrons. The van der Waals surface area contributed by atoms with Crippen LogP contribution < -0.4 is 15.5 Å². The Labute approximate surface area is 121 Å². The number of anilines is 2. The number of hydrogen-bond acceptors (Lipinski definition) is 6. The Hall–Kier alpha value is -1.89. The maximum atomic E-state index is 11.5. The fraction of sp³-hybridized carbons (Fsp3) is 0.462. The quantitative estimate of drug-likeness (QED) is 0.895. The Balaban J connectivity index is 1.99. The van der Waals surface area contributed by atoms with Crippen molar-refractivity contribution in [3.63, 3.8) is 0 Å². The highest BCUT2D eigenvalue weighted by atomic mass is 32.1. The van der Waals surface area contributed by atoms with Gasteiger partial charge in [0.25, 0.3) is 0 Å². The molecular weight excluding hydrogens is 274 g/mol. The molecule has 1 fully saturated rings. The van der Waals surface area contributed by atoms with E-state index in [1.165, 1.54) is 0 Å². The maximum Gasteiger partial charge on any atom is 0.226 e. The van der Waals surface area contributed by atoms with Gasteiger partial charge in [0.1, 0.15) is 10.6 Å². The van der Waals surface area contributed by atoms with Crippen molar-refractivity contribution in [1.29, 1.82) is 0 Å². The first kappa shape index (κ1) is 13.1. The summed E-state index contributed by atoms with van der Waals surface area (Å²) in [6.07, 6.45) is 0.506. The molecule has 2 aromatic heterocycles. The number of thiophene rings is 1. The molecule has 0 atom stereocenters. The second-order valence-corrected chi connectivity index (χ2v) is 5.52. The molecule has 20 heavy (non-hydrogen) atoms. The Morgan fingerprint density at radius 1 is 1.45 bits per heavy atom. The average Bonchev–Trinajstić information content (AvgIpc) is 2.80. The van der Waals surface area contributed by atoms with Crippen molar-refractivity contribution in [2.75, 3.05) is 36.4 Å². The number of nitrogens with zero attached hydrogens (tertiary/aromatic N) is 3. The molecule has 0 bridgehead atoms. The minimum Gasteiger partial charge on any atom is -0.354 e. The van der Waals surface area contributed by atoms with Crippen LogP contribution in [-0.2, 0) is 4.79 Å². The van der Waals surface area contributed by atoms with Crippen LogP contribution in [0.1, 0.15) is 13.3 Å². The number of carbonyl (C=O) groups excluding carboxylic acids is 1. The molecule has 2 N–H and O–H groups in total. The van der Waals surface area contributed by atoms with E-state index in [0.29, 0.717) is 25.5 Å². The molecule has 3 heterocycles. The first-order valence-electron chi connectivity index (χ1n) is 6.78. The van der Waals surface area contributed by atoms with Crippen molar-refractivity contribution in [3.05, 3.63) is 11.4 Å². The minimum atomic E-state index is 0.107. The molecule has 1 aliphatic rings. The highest BCUT2D eigenvalue weighted by molar-refractivity contribution is 7.16. The summed E-state index contributed by atoms with van der Waals surface area (Å²) in [6.45, 7) is 4.94. The first-order chi connectivity index (χ1) is 9.78. The van der Waals surface area contributed by atoms with Gasteiger partial charge in [-0.25, -0.2) is 4.98 Å². The molecule has 3 rings (SSSR count). The Bertz CT molecular complexity index is 626. The summed E-state index contributed by atoms with van der Waals surface area (Å²) in [5, 5.41) is 9.15. The number of fused-ring (bicyclic) bond motifs is 1. The van der Waals surface area contributed by atoms with Crippen molar-refractivity contribution < 1.29 is 4.79 Å². The molecule has 1 aliphatic heterocycles. The summed E-state index contributed by atoms with van der Waals surface area (Å²) in [5.74, 6) is 1.68. The number of hydrogen-bond donors (Lipinski definition) is 2. The third-order valence-corrected chi connectivity index (χ3v) is 4.06. The fourth-order valence-electron chi connectivity index (χ4n) is 2.30. The molecule has 7 heteroatoms. The third kappa shape index (κ3) is 2.53. The van der Waals surface area contributed by atoms with E-state index in [1.807, 2.05) is 18.4 Å². The summed E-state index contributed by atoms with van der Waals surface area (Å²) >= 11 is 1.61. The number of aromatic nitrogens is 2. The summed E-state index contributed by atoms with van der Waals surface area (Å²) in [4.78, 5) is 23.7. The molecule has 0 saturated carbocycles. The normalized spacial score (nSPS) is 16.1. The van der Waals surface area contributed by atoms with E-state index in [4.69, 9.17) is 0 Å². The third-order valence-electron chi connectivity index (χ3n) is 3.25. The van der Waals surface area contributed by atoms with Crippen molar-refractivity contribution in [3.8, 4) is 0 Å². The van der Waals surface area contributed by atoms with Crippen LogP contribution in [0.2, 0.25) is 0 Å². The molecule has 2 aromatic rings. The van der Waals surface area contributed by atoms with E-state index in [-0.39, 0.29) is 5.91 Å². The van der Waals surface area contributed by atoms with Gasteiger partial charge in [-0.1, -0.05) is 0 Å². The summed E-state index contributed by atoms with van der Waals surface area (Å²) in [7, 11) is 0. The zero-order valence-electron chi connectivity index (χ0n) is 11.3. The lowest BCUT2D eigenvalue weighted by molar-refractivity contribution is -0.120. The zero-order chi connectivity index (χ0) is 13.9. The van der Waals surface area contributed by atoms with Crippen molar-refractivity contribution in [2.24, 2.45) is 0 Å². The van der Waals surface area contributed by atoms with Crippen LogP contribution in [0.25, 0.3) is 10.2 Å². The lowest BCUT2D eigenvalue weighted by atomic mass is 10.3. The van der Waals surface area contributed by atoms with Crippen LogP contribution in [0.3, 0.4) is 0 Å². The molecule has 0 spiro atoms. The molecule has 0 aliphatic carbocycles. The van der Waals surface area contributed by atoms with Gasteiger partial charge < -0.3 is 15.5 Å². The number of nitrogens with one attached hydrogen (secondary N) is 2. The van der Waals surface area contributed by atoms with Gasteiger partial charge >= 0.3 is 0 Å². The van der Waals surface area contributed by atoms with E-state index in [2.05, 4.69) is 25.5 Å². The van der Waals surface area contributed by atoms with E-state index >= 15 is 0 Å². The molecule has 1 amide bonds. The second kappa shape index (κ2) is 5.62. The monoisotopic (exact) mass is 291 g/mol. The predicted octanol–water partition coefficient (Wildman–Crippen LogP) is 1.45. The van der Waals surface area contributed by atoms with Gasteiger partial charge in [0.2, 0.25) is 11.9 Å². The van der Waals surface area contributed by atoms with Gasteiger partial charge in [0.05, 0.1) is 5.39 Å². The summed E-state index contributed by atoms with van der Waals surface area (Å²) in [5.41, 5.74) is 0. The smallest absolute Gasteiger partial charge is 0.226 e. The van der Waals surface area contributed by atoms with Crippen LogP contribution in [-0.4, -0.2) is 42.1 Å². The van der Waals surface area contributed by atoms with E-state index in [0.717, 1.165) is 29.1 Å². The van der Waals surface area contributed by atoms with Crippen molar-refractivity contribution in [2.45, 2.75) is 13.3 Å². The van der Waals surface area contributed by atoms with Gasteiger partial charge in [-0.3, -0.25) is 4.79 Å². The van der Waals surface area contributed by atoms with Crippen molar-refractivity contribution >= 4 is 39.2 Å². The largest absolute Gasteiger partial charge is 0.354 e. The Kier molecular flexibility index (Phi) is 3.68. The Morgan fingerprint density at radius 3 is 3.20 bits per heavy atom. The van der Waals surface area contributed by atoms with Gasteiger partial charge in [-0.15, -0.1) is 11.3 Å². The zero-order valence-corrected chi connectivity index (χ0v) is 12.2. The molecular formula is C13H17N5OS. The fourth-order valence-corrected chi connectivity index (χ4v) is 3.06. The standard InChI is InChI=1S/C13H17N5OS/c1-2-14-13-16-11(9-4-8-20-12(9)17-13)18-6-3-10(19)15-5-7-18/h4,8H,2-3,5-7H2,1H3,(H,15,19)(H,14,16,17).